The fraction of sp³-hybridized carbons (Fsp3) is 0.438. The maximum absolute atomic E-state index is 12.5. The maximum atomic E-state index is 12.5. The molecule has 1 aliphatic rings. The van der Waals surface area contributed by atoms with Crippen LogP contribution in [0.5, 0.6) is 0 Å². The molecule has 6 heteroatoms. The van der Waals surface area contributed by atoms with Gasteiger partial charge < -0.3 is 14.6 Å². The molecule has 2 amide bonds. The van der Waals surface area contributed by atoms with Crippen LogP contribution in [0, 0.1) is 5.41 Å². The molecule has 0 bridgehead atoms. The molecule has 3 heterocycles. The Bertz CT molecular complexity index is 724. The first-order valence-electron chi connectivity index (χ1n) is 7.43. The van der Waals surface area contributed by atoms with Gasteiger partial charge in [0.15, 0.2) is 0 Å². The number of pyridine rings is 1. The molecule has 1 N–H and O–H groups in total. The quantitative estimate of drug-likeness (QED) is 0.926. The lowest BCUT2D eigenvalue weighted by Gasteiger charge is -2.23. The van der Waals surface area contributed by atoms with E-state index in [-0.39, 0.29) is 11.8 Å². The summed E-state index contributed by atoms with van der Waals surface area (Å²) in [6.07, 6.45) is 6.26. The average Bonchev–Trinajstić information content (AvgIpc) is 3.11. The van der Waals surface area contributed by atoms with Crippen LogP contribution in [0.4, 0.5) is 0 Å². The van der Waals surface area contributed by atoms with Crippen molar-refractivity contribution in [1.29, 1.82) is 0 Å². The molecule has 1 saturated heterocycles. The molecule has 1 fully saturated rings. The number of imidazole rings is 1. The van der Waals surface area contributed by atoms with Gasteiger partial charge in [-0.15, -0.1) is 0 Å². The summed E-state index contributed by atoms with van der Waals surface area (Å²) in [7, 11) is 0. The molecule has 22 heavy (non-hydrogen) atoms. The third kappa shape index (κ3) is 2.68. The molecule has 3 rings (SSSR count). The van der Waals surface area contributed by atoms with E-state index in [0.29, 0.717) is 26.1 Å². The van der Waals surface area contributed by atoms with Gasteiger partial charge in [-0.3, -0.25) is 9.59 Å². The molecule has 1 aliphatic heterocycles. The third-order valence-corrected chi connectivity index (χ3v) is 4.38. The van der Waals surface area contributed by atoms with Crippen LogP contribution >= 0.6 is 0 Å². The molecule has 2 aromatic rings. The molecule has 6 nitrogen and oxygen atoms in total. The monoisotopic (exact) mass is 300 g/mol. The predicted octanol–water partition coefficient (Wildman–Crippen LogP) is 1.21. The predicted molar refractivity (Wildman–Crippen MR) is 82.0 cm³/mol. The zero-order valence-electron chi connectivity index (χ0n) is 12.9. The minimum atomic E-state index is -0.497. The minimum absolute atomic E-state index is 0.000495. The largest absolute Gasteiger partial charge is 0.351 e. The Labute approximate surface area is 129 Å². The molecule has 2 aromatic heterocycles. The molecular formula is C16H20N4O2. The first kappa shape index (κ1) is 14.6. The number of carbonyl (C=O) groups excluding carboxylic acids is 2. The summed E-state index contributed by atoms with van der Waals surface area (Å²) in [6.45, 7) is 5.08. The van der Waals surface area contributed by atoms with Gasteiger partial charge in [0.05, 0.1) is 5.41 Å². The van der Waals surface area contributed by atoms with Crippen LogP contribution in [0.25, 0.3) is 5.65 Å². The van der Waals surface area contributed by atoms with Crippen LogP contribution in [0.15, 0.2) is 30.7 Å². The Kier molecular flexibility index (Phi) is 3.60. The van der Waals surface area contributed by atoms with Crippen molar-refractivity contribution in [1.82, 2.24) is 19.6 Å². The summed E-state index contributed by atoms with van der Waals surface area (Å²) in [6, 6.07) is 3.92. The van der Waals surface area contributed by atoms with E-state index in [1.54, 1.807) is 18.0 Å². The van der Waals surface area contributed by atoms with Gasteiger partial charge in [0.25, 0.3) is 0 Å². The molecule has 1 unspecified atom stereocenters. The number of likely N-dealkylation sites (tertiary alicyclic amines) is 1. The van der Waals surface area contributed by atoms with Crippen molar-refractivity contribution in [3.05, 3.63) is 36.3 Å². The SMILES string of the molecule is CC(=O)N1CCC(C)(C(=O)NCc2ccn3ccnc3c2)C1. The Morgan fingerprint density at radius 1 is 1.41 bits per heavy atom. The number of hydrogen-bond donors (Lipinski definition) is 1. The lowest BCUT2D eigenvalue weighted by atomic mass is 9.88. The Morgan fingerprint density at radius 3 is 2.95 bits per heavy atom. The topological polar surface area (TPSA) is 66.7 Å². The van der Waals surface area contributed by atoms with E-state index >= 15 is 0 Å². The Balaban J connectivity index is 1.63. The Hall–Kier alpha value is -2.37. The first-order valence-corrected chi connectivity index (χ1v) is 7.43. The van der Waals surface area contributed by atoms with Gasteiger partial charge >= 0.3 is 0 Å². The second-order valence-electron chi connectivity index (χ2n) is 6.16. The van der Waals surface area contributed by atoms with E-state index < -0.39 is 5.41 Å². The standard InChI is InChI=1S/C16H20N4O2/c1-12(21)20-7-4-16(2,11-20)15(22)18-10-13-3-6-19-8-5-17-14(19)9-13/h3,5-6,8-9H,4,7,10-11H2,1-2H3,(H,18,22). The molecule has 0 spiro atoms. The van der Waals surface area contributed by atoms with E-state index in [1.165, 1.54) is 0 Å². The maximum Gasteiger partial charge on any atom is 0.228 e. The normalized spacial score (nSPS) is 21.3. The molecular weight excluding hydrogens is 280 g/mol. The van der Waals surface area contributed by atoms with Gasteiger partial charge in [0.2, 0.25) is 11.8 Å². The summed E-state index contributed by atoms with van der Waals surface area (Å²) >= 11 is 0. The Morgan fingerprint density at radius 2 is 2.23 bits per heavy atom. The highest BCUT2D eigenvalue weighted by molar-refractivity contribution is 5.84. The molecule has 116 valence electrons. The van der Waals surface area contributed by atoms with Crippen LogP contribution in [-0.2, 0) is 16.1 Å². The number of rotatable bonds is 3. The number of nitrogens with zero attached hydrogens (tertiary/aromatic N) is 3. The number of aromatic nitrogens is 2. The highest BCUT2D eigenvalue weighted by atomic mass is 16.2. The van der Waals surface area contributed by atoms with Crippen molar-refractivity contribution in [2.45, 2.75) is 26.8 Å². The zero-order valence-corrected chi connectivity index (χ0v) is 12.9. The van der Waals surface area contributed by atoms with Gasteiger partial charge in [0, 0.05) is 45.1 Å². The molecule has 0 saturated carbocycles. The number of nitrogens with one attached hydrogen (secondary N) is 1. The van der Waals surface area contributed by atoms with Gasteiger partial charge in [-0.2, -0.15) is 0 Å². The lowest BCUT2D eigenvalue weighted by molar-refractivity contribution is -0.131. The highest BCUT2D eigenvalue weighted by Crippen LogP contribution is 2.30. The van der Waals surface area contributed by atoms with Crippen LogP contribution in [0.1, 0.15) is 25.8 Å². The third-order valence-electron chi connectivity index (χ3n) is 4.38. The van der Waals surface area contributed by atoms with E-state index in [0.717, 1.165) is 11.2 Å². The number of fused-ring (bicyclic) bond motifs is 1. The summed E-state index contributed by atoms with van der Waals surface area (Å²) in [5.74, 6) is 0.0285. The van der Waals surface area contributed by atoms with Crippen LogP contribution in [-0.4, -0.2) is 39.2 Å². The van der Waals surface area contributed by atoms with Crippen molar-refractivity contribution < 1.29 is 9.59 Å². The van der Waals surface area contributed by atoms with Crippen LogP contribution in [0.3, 0.4) is 0 Å². The van der Waals surface area contributed by atoms with Gasteiger partial charge in [-0.1, -0.05) is 0 Å². The highest BCUT2D eigenvalue weighted by Gasteiger charge is 2.40. The molecule has 0 aromatic carbocycles. The first-order chi connectivity index (χ1) is 10.5. The van der Waals surface area contributed by atoms with Crippen LogP contribution in [0.2, 0.25) is 0 Å². The summed E-state index contributed by atoms with van der Waals surface area (Å²) in [5, 5.41) is 2.98. The van der Waals surface area contributed by atoms with E-state index in [4.69, 9.17) is 0 Å². The smallest absolute Gasteiger partial charge is 0.228 e. The number of amides is 2. The van der Waals surface area contributed by atoms with Crippen molar-refractivity contribution in [3.63, 3.8) is 0 Å². The van der Waals surface area contributed by atoms with Crippen molar-refractivity contribution in [2.75, 3.05) is 13.1 Å². The average molecular weight is 300 g/mol. The van der Waals surface area contributed by atoms with E-state index in [1.807, 2.05) is 35.9 Å². The summed E-state index contributed by atoms with van der Waals surface area (Å²) in [4.78, 5) is 29.8. The van der Waals surface area contributed by atoms with Crippen molar-refractivity contribution >= 4 is 17.5 Å². The van der Waals surface area contributed by atoms with E-state index in [2.05, 4.69) is 10.3 Å². The number of hydrogen-bond acceptors (Lipinski definition) is 3. The van der Waals surface area contributed by atoms with E-state index in [9.17, 15) is 9.59 Å². The van der Waals surface area contributed by atoms with Gasteiger partial charge in [-0.25, -0.2) is 4.98 Å². The van der Waals surface area contributed by atoms with Crippen molar-refractivity contribution in [2.24, 2.45) is 5.41 Å². The molecule has 0 radical (unpaired) electrons. The fourth-order valence-corrected chi connectivity index (χ4v) is 2.87. The minimum Gasteiger partial charge on any atom is -0.351 e. The molecule has 0 aliphatic carbocycles. The number of carbonyl (C=O) groups is 2. The fourth-order valence-electron chi connectivity index (χ4n) is 2.87. The zero-order chi connectivity index (χ0) is 15.7. The molecule has 1 atom stereocenters. The summed E-state index contributed by atoms with van der Waals surface area (Å²) < 4.78 is 1.92. The second-order valence-corrected chi connectivity index (χ2v) is 6.16. The van der Waals surface area contributed by atoms with Gasteiger partial charge in [-0.05, 0) is 31.0 Å². The van der Waals surface area contributed by atoms with Crippen molar-refractivity contribution in [3.8, 4) is 0 Å². The lowest BCUT2D eigenvalue weighted by Crippen LogP contribution is -2.41. The summed E-state index contributed by atoms with van der Waals surface area (Å²) in [5.41, 5.74) is 1.38. The van der Waals surface area contributed by atoms with Crippen LogP contribution < -0.4 is 5.32 Å². The van der Waals surface area contributed by atoms with Gasteiger partial charge in [0.1, 0.15) is 5.65 Å². The second kappa shape index (κ2) is 5.44.